The van der Waals surface area contributed by atoms with E-state index in [4.69, 9.17) is 11.6 Å². The summed E-state index contributed by atoms with van der Waals surface area (Å²) in [6, 6.07) is 4.27. The van der Waals surface area contributed by atoms with Crippen LogP contribution in [-0.4, -0.2) is 10.2 Å². The molecule has 0 amide bonds. The second-order valence-electron chi connectivity index (χ2n) is 3.46. The van der Waals surface area contributed by atoms with E-state index in [-0.39, 0.29) is 0 Å². The summed E-state index contributed by atoms with van der Waals surface area (Å²) in [6.45, 7) is 4.84. The molecule has 2 heterocycles. The summed E-state index contributed by atoms with van der Waals surface area (Å²) in [5, 5.41) is 13.5. The van der Waals surface area contributed by atoms with Crippen LogP contribution in [0.15, 0.2) is 12.1 Å². The zero-order valence-electron chi connectivity index (χ0n) is 9.03. The van der Waals surface area contributed by atoms with Crippen LogP contribution in [0.4, 0.5) is 0 Å². The molecule has 6 heteroatoms. The molecule has 2 rings (SSSR count). The number of rotatable bonds is 4. The van der Waals surface area contributed by atoms with Gasteiger partial charge in [0, 0.05) is 10.9 Å². The van der Waals surface area contributed by atoms with E-state index >= 15 is 0 Å². The minimum Gasteiger partial charge on any atom is -0.303 e. The van der Waals surface area contributed by atoms with Crippen LogP contribution in [0.5, 0.6) is 0 Å². The molecule has 1 N–H and O–H groups in total. The van der Waals surface area contributed by atoms with Gasteiger partial charge in [0.15, 0.2) is 0 Å². The van der Waals surface area contributed by atoms with E-state index in [9.17, 15) is 0 Å². The van der Waals surface area contributed by atoms with Gasteiger partial charge in [-0.25, -0.2) is 0 Å². The van der Waals surface area contributed by atoms with Crippen molar-refractivity contribution >= 4 is 34.3 Å². The maximum atomic E-state index is 5.90. The molecule has 2 aromatic heterocycles. The fraction of sp³-hybridized carbons (Fsp3) is 0.400. The lowest BCUT2D eigenvalue weighted by atomic mass is 10.3. The second-order valence-corrected chi connectivity index (χ2v) is 6.47. The van der Waals surface area contributed by atoms with Crippen molar-refractivity contribution in [3.05, 3.63) is 31.4 Å². The number of halogens is 1. The monoisotopic (exact) mass is 273 g/mol. The molecular formula is C10H12ClN3S2. The Morgan fingerprint density at radius 2 is 2.19 bits per heavy atom. The van der Waals surface area contributed by atoms with Crippen LogP contribution < -0.4 is 5.32 Å². The van der Waals surface area contributed by atoms with Crippen molar-refractivity contribution < 1.29 is 0 Å². The van der Waals surface area contributed by atoms with E-state index < -0.39 is 0 Å². The van der Waals surface area contributed by atoms with E-state index in [1.165, 1.54) is 4.88 Å². The Labute approximate surface area is 107 Å². The lowest BCUT2D eigenvalue weighted by molar-refractivity contribution is 0.579. The van der Waals surface area contributed by atoms with E-state index in [0.717, 1.165) is 20.9 Å². The summed E-state index contributed by atoms with van der Waals surface area (Å²) in [6.07, 6.45) is 0. The van der Waals surface area contributed by atoms with Crippen molar-refractivity contribution in [1.29, 1.82) is 0 Å². The van der Waals surface area contributed by atoms with Crippen LogP contribution >= 0.6 is 34.3 Å². The van der Waals surface area contributed by atoms with Crippen LogP contribution in [0.1, 0.15) is 27.9 Å². The van der Waals surface area contributed by atoms with Crippen LogP contribution in [0.3, 0.4) is 0 Å². The molecule has 3 nitrogen and oxygen atoms in total. The highest BCUT2D eigenvalue weighted by Gasteiger charge is 2.08. The molecule has 0 radical (unpaired) electrons. The molecule has 86 valence electrons. The fourth-order valence-electron chi connectivity index (χ4n) is 1.31. The third-order valence-corrected chi connectivity index (χ3v) is 4.40. The zero-order valence-corrected chi connectivity index (χ0v) is 11.4. The number of thiophene rings is 1. The number of hydrogen-bond donors (Lipinski definition) is 1. The molecule has 0 fully saturated rings. The Balaban J connectivity index is 1.91. The highest BCUT2D eigenvalue weighted by atomic mass is 35.5. The average Bonchev–Trinajstić information content (AvgIpc) is 2.84. The third kappa shape index (κ3) is 3.01. The van der Waals surface area contributed by atoms with E-state index in [1.54, 1.807) is 22.7 Å². The van der Waals surface area contributed by atoms with Gasteiger partial charge in [-0.05, 0) is 26.0 Å². The van der Waals surface area contributed by atoms with Gasteiger partial charge in [-0.3, -0.25) is 0 Å². The molecule has 1 atom stereocenters. The van der Waals surface area contributed by atoms with Gasteiger partial charge in [-0.2, -0.15) is 0 Å². The maximum Gasteiger partial charge on any atom is 0.131 e. The molecule has 0 spiro atoms. The Morgan fingerprint density at radius 1 is 1.38 bits per heavy atom. The fourth-order valence-corrected chi connectivity index (χ4v) is 3.06. The van der Waals surface area contributed by atoms with Crippen molar-refractivity contribution in [3.63, 3.8) is 0 Å². The van der Waals surface area contributed by atoms with E-state index in [1.807, 2.05) is 13.0 Å². The quantitative estimate of drug-likeness (QED) is 0.928. The highest BCUT2D eigenvalue weighted by molar-refractivity contribution is 7.16. The van der Waals surface area contributed by atoms with E-state index in [0.29, 0.717) is 6.04 Å². The molecule has 0 aliphatic carbocycles. The van der Waals surface area contributed by atoms with Crippen molar-refractivity contribution in [2.75, 3.05) is 0 Å². The van der Waals surface area contributed by atoms with Crippen LogP contribution in [-0.2, 0) is 6.54 Å². The van der Waals surface area contributed by atoms with Crippen molar-refractivity contribution in [2.45, 2.75) is 26.4 Å². The molecule has 0 saturated carbocycles. The maximum absolute atomic E-state index is 5.90. The first kappa shape index (κ1) is 12.0. The average molecular weight is 274 g/mol. The standard InChI is InChI=1S/C10H12ClN3S2/c1-6(8-3-4-9(11)16-8)12-5-10-14-13-7(2)15-10/h3-4,6,12H,5H2,1-2H3/t6-/m0/s1. The first-order valence-electron chi connectivity index (χ1n) is 4.93. The third-order valence-electron chi connectivity index (χ3n) is 2.15. The predicted molar refractivity (Wildman–Crippen MR) is 69.2 cm³/mol. The smallest absolute Gasteiger partial charge is 0.131 e. The van der Waals surface area contributed by atoms with Gasteiger partial charge in [0.05, 0.1) is 10.9 Å². The predicted octanol–water partition coefficient (Wildman–Crippen LogP) is 3.41. The lowest BCUT2D eigenvalue weighted by Crippen LogP contribution is -2.16. The van der Waals surface area contributed by atoms with Gasteiger partial charge in [0.25, 0.3) is 0 Å². The minimum atomic E-state index is 0.293. The van der Waals surface area contributed by atoms with Gasteiger partial charge < -0.3 is 5.32 Å². The SMILES string of the molecule is Cc1nnc(CN[C@@H](C)c2ccc(Cl)s2)s1. The Hall–Kier alpha value is -0.490. The lowest BCUT2D eigenvalue weighted by Gasteiger charge is -2.09. The largest absolute Gasteiger partial charge is 0.303 e. The van der Waals surface area contributed by atoms with Gasteiger partial charge in [0.2, 0.25) is 0 Å². The van der Waals surface area contributed by atoms with Crippen molar-refractivity contribution in [1.82, 2.24) is 15.5 Å². The molecule has 0 bridgehead atoms. The van der Waals surface area contributed by atoms with Crippen LogP contribution in [0.2, 0.25) is 4.34 Å². The Morgan fingerprint density at radius 3 is 2.75 bits per heavy atom. The van der Waals surface area contributed by atoms with Crippen molar-refractivity contribution in [2.24, 2.45) is 0 Å². The highest BCUT2D eigenvalue weighted by Crippen LogP contribution is 2.26. The summed E-state index contributed by atoms with van der Waals surface area (Å²) in [7, 11) is 0. The van der Waals surface area contributed by atoms with Gasteiger partial charge in [-0.1, -0.05) is 11.6 Å². The summed E-state index contributed by atoms with van der Waals surface area (Å²) in [5.41, 5.74) is 0. The number of nitrogens with one attached hydrogen (secondary N) is 1. The second kappa shape index (κ2) is 5.23. The molecule has 0 saturated heterocycles. The molecule has 16 heavy (non-hydrogen) atoms. The normalized spacial score (nSPS) is 12.9. The number of nitrogens with zero attached hydrogens (tertiary/aromatic N) is 2. The molecule has 0 aromatic carbocycles. The van der Waals surface area contributed by atoms with Crippen LogP contribution in [0, 0.1) is 6.92 Å². The van der Waals surface area contributed by atoms with E-state index in [2.05, 4.69) is 28.5 Å². The van der Waals surface area contributed by atoms with Gasteiger partial charge >= 0.3 is 0 Å². The number of aryl methyl sites for hydroxylation is 1. The number of hydrogen-bond acceptors (Lipinski definition) is 5. The van der Waals surface area contributed by atoms with Crippen molar-refractivity contribution in [3.8, 4) is 0 Å². The van der Waals surface area contributed by atoms with Crippen LogP contribution in [0.25, 0.3) is 0 Å². The summed E-state index contributed by atoms with van der Waals surface area (Å²) in [5.74, 6) is 0. The first-order valence-corrected chi connectivity index (χ1v) is 6.94. The number of aromatic nitrogens is 2. The topological polar surface area (TPSA) is 37.8 Å². The Kier molecular flexibility index (Phi) is 3.91. The molecule has 0 aliphatic heterocycles. The molecule has 0 aliphatic rings. The summed E-state index contributed by atoms with van der Waals surface area (Å²) < 4.78 is 0.829. The van der Waals surface area contributed by atoms with Gasteiger partial charge in [-0.15, -0.1) is 32.9 Å². The Bertz CT molecular complexity index is 466. The minimum absolute atomic E-state index is 0.293. The molecule has 0 unspecified atom stereocenters. The molecular weight excluding hydrogens is 262 g/mol. The summed E-state index contributed by atoms with van der Waals surface area (Å²) >= 11 is 9.12. The van der Waals surface area contributed by atoms with Gasteiger partial charge in [0.1, 0.15) is 10.0 Å². The zero-order chi connectivity index (χ0) is 11.5. The first-order chi connectivity index (χ1) is 7.65. The summed E-state index contributed by atoms with van der Waals surface area (Å²) in [4.78, 5) is 1.24. The molecule has 2 aromatic rings.